The van der Waals surface area contributed by atoms with Crippen molar-refractivity contribution in [3.8, 4) is 0 Å². The van der Waals surface area contributed by atoms with Gasteiger partial charge in [0, 0.05) is 0 Å². The molecule has 0 aromatic rings. The molecule has 0 amide bonds. The average Bonchev–Trinajstić information content (AvgIpc) is 2.39. The zero-order valence-electron chi connectivity index (χ0n) is 9.80. The lowest BCUT2D eigenvalue weighted by Gasteiger charge is -2.29. The van der Waals surface area contributed by atoms with Gasteiger partial charge in [-0.2, -0.15) is 0 Å². The summed E-state index contributed by atoms with van der Waals surface area (Å²) in [6.45, 7) is 9.04. The minimum Gasteiger partial charge on any atom is -0.392 e. The van der Waals surface area contributed by atoms with Crippen molar-refractivity contribution in [3.05, 3.63) is 23.3 Å². The molecule has 1 aliphatic rings. The molecule has 0 saturated heterocycles. The molecular formula is C13H22O. The van der Waals surface area contributed by atoms with Gasteiger partial charge in [-0.3, -0.25) is 0 Å². The molecule has 0 heterocycles. The molecule has 0 bridgehead atoms. The normalized spacial score (nSPS) is 26.5. The molecule has 0 aromatic heterocycles. The fourth-order valence-corrected chi connectivity index (χ4v) is 2.00. The zero-order chi connectivity index (χ0) is 10.8. The molecule has 1 aliphatic carbocycles. The Hall–Kier alpha value is -0.560. The van der Waals surface area contributed by atoms with Gasteiger partial charge >= 0.3 is 0 Å². The van der Waals surface area contributed by atoms with Crippen LogP contribution in [0.25, 0.3) is 0 Å². The van der Waals surface area contributed by atoms with Gasteiger partial charge in [-0.15, -0.1) is 0 Å². The third-order valence-electron chi connectivity index (χ3n) is 3.75. The summed E-state index contributed by atoms with van der Waals surface area (Å²) in [4.78, 5) is 0. The van der Waals surface area contributed by atoms with Crippen molar-refractivity contribution in [1.82, 2.24) is 0 Å². The first kappa shape index (κ1) is 11.5. The van der Waals surface area contributed by atoms with E-state index in [-0.39, 0.29) is 6.61 Å². The van der Waals surface area contributed by atoms with Crippen LogP contribution in [0.15, 0.2) is 23.3 Å². The molecule has 80 valence electrons. The topological polar surface area (TPSA) is 20.2 Å². The molecule has 1 heteroatoms. The van der Waals surface area contributed by atoms with Crippen molar-refractivity contribution in [1.29, 1.82) is 0 Å². The third-order valence-corrected chi connectivity index (χ3v) is 3.75. The molecule has 1 atom stereocenters. The summed E-state index contributed by atoms with van der Waals surface area (Å²) in [5.41, 5.74) is 2.94. The van der Waals surface area contributed by atoms with E-state index in [1.54, 1.807) is 0 Å². The minimum atomic E-state index is 0.194. The summed E-state index contributed by atoms with van der Waals surface area (Å²) in [5.74, 6) is 0.712. The van der Waals surface area contributed by atoms with Crippen LogP contribution in [-0.2, 0) is 0 Å². The van der Waals surface area contributed by atoms with Gasteiger partial charge in [0.05, 0.1) is 6.61 Å². The monoisotopic (exact) mass is 194 g/mol. The van der Waals surface area contributed by atoms with Gasteiger partial charge < -0.3 is 5.11 Å². The number of hydrogen-bond donors (Lipinski definition) is 1. The van der Waals surface area contributed by atoms with E-state index in [0.29, 0.717) is 11.3 Å². The zero-order valence-corrected chi connectivity index (χ0v) is 9.80. The van der Waals surface area contributed by atoms with Crippen molar-refractivity contribution in [2.24, 2.45) is 11.3 Å². The highest BCUT2D eigenvalue weighted by Gasteiger charge is 2.33. The fraction of sp³-hybridized carbons (Fsp3) is 0.692. The molecule has 0 saturated carbocycles. The Labute approximate surface area is 87.5 Å². The summed E-state index contributed by atoms with van der Waals surface area (Å²) in [5, 5.41) is 8.91. The van der Waals surface area contributed by atoms with Gasteiger partial charge in [0.15, 0.2) is 0 Å². The van der Waals surface area contributed by atoms with E-state index in [1.807, 2.05) is 6.92 Å². The number of hydrogen-bond acceptors (Lipinski definition) is 1. The summed E-state index contributed by atoms with van der Waals surface area (Å²) in [6.07, 6.45) is 6.81. The van der Waals surface area contributed by atoms with Crippen LogP contribution in [0.4, 0.5) is 0 Å². The van der Waals surface area contributed by atoms with Gasteiger partial charge in [0.1, 0.15) is 0 Å². The first-order valence-corrected chi connectivity index (χ1v) is 5.42. The van der Waals surface area contributed by atoms with Gasteiger partial charge in [0.2, 0.25) is 0 Å². The molecule has 0 radical (unpaired) electrons. The smallest absolute Gasteiger partial charge is 0.0639 e. The Morgan fingerprint density at radius 1 is 1.64 bits per heavy atom. The van der Waals surface area contributed by atoms with Crippen LogP contribution in [0.2, 0.25) is 0 Å². The molecule has 14 heavy (non-hydrogen) atoms. The highest BCUT2D eigenvalue weighted by molar-refractivity contribution is 5.19. The van der Waals surface area contributed by atoms with E-state index in [1.165, 1.54) is 12.0 Å². The Balaban J connectivity index is 2.58. The number of aliphatic hydroxyl groups is 1. The summed E-state index contributed by atoms with van der Waals surface area (Å²) < 4.78 is 0. The predicted molar refractivity (Wildman–Crippen MR) is 61.1 cm³/mol. The third kappa shape index (κ3) is 2.27. The van der Waals surface area contributed by atoms with Crippen LogP contribution in [0.1, 0.15) is 40.5 Å². The van der Waals surface area contributed by atoms with Crippen LogP contribution in [-0.4, -0.2) is 11.7 Å². The van der Waals surface area contributed by atoms with Crippen LogP contribution in [0, 0.1) is 11.3 Å². The number of aliphatic hydroxyl groups excluding tert-OH is 1. The Morgan fingerprint density at radius 2 is 2.29 bits per heavy atom. The summed E-state index contributed by atoms with van der Waals surface area (Å²) >= 11 is 0. The lowest BCUT2D eigenvalue weighted by Crippen LogP contribution is -2.19. The number of allylic oxidation sites excluding steroid dienone is 3. The van der Waals surface area contributed by atoms with E-state index >= 15 is 0 Å². The Bertz CT molecular complexity index is 258. The molecule has 1 N–H and O–H groups in total. The van der Waals surface area contributed by atoms with Crippen molar-refractivity contribution in [2.75, 3.05) is 6.61 Å². The highest BCUT2D eigenvalue weighted by atomic mass is 16.3. The van der Waals surface area contributed by atoms with Crippen molar-refractivity contribution in [2.45, 2.75) is 40.5 Å². The SMILES string of the molecule is CC(=CC[C@@H]1CC=C(C)C1(C)C)CO. The van der Waals surface area contributed by atoms with E-state index in [9.17, 15) is 0 Å². The average molecular weight is 194 g/mol. The first-order valence-electron chi connectivity index (χ1n) is 5.42. The molecule has 0 aromatic carbocycles. The molecule has 0 fully saturated rings. The van der Waals surface area contributed by atoms with Crippen molar-refractivity contribution in [3.63, 3.8) is 0 Å². The van der Waals surface area contributed by atoms with Gasteiger partial charge in [-0.05, 0) is 38.0 Å². The largest absolute Gasteiger partial charge is 0.392 e. The van der Waals surface area contributed by atoms with E-state index in [0.717, 1.165) is 12.0 Å². The van der Waals surface area contributed by atoms with Crippen LogP contribution >= 0.6 is 0 Å². The highest BCUT2D eigenvalue weighted by Crippen LogP contribution is 2.44. The number of rotatable bonds is 3. The maximum absolute atomic E-state index is 8.91. The quantitative estimate of drug-likeness (QED) is 0.683. The van der Waals surface area contributed by atoms with E-state index < -0.39 is 0 Å². The van der Waals surface area contributed by atoms with Gasteiger partial charge in [0.25, 0.3) is 0 Å². The molecule has 0 unspecified atom stereocenters. The fourth-order valence-electron chi connectivity index (χ4n) is 2.00. The molecule has 0 spiro atoms. The molecular weight excluding hydrogens is 172 g/mol. The van der Waals surface area contributed by atoms with Crippen LogP contribution in [0.5, 0.6) is 0 Å². The first-order chi connectivity index (χ1) is 6.48. The molecule has 0 aliphatic heterocycles. The Morgan fingerprint density at radius 3 is 2.71 bits per heavy atom. The maximum atomic E-state index is 8.91. The minimum absolute atomic E-state index is 0.194. The second kappa shape index (κ2) is 4.31. The summed E-state index contributed by atoms with van der Waals surface area (Å²) in [6, 6.07) is 0. The second-order valence-corrected chi connectivity index (χ2v) is 4.99. The summed E-state index contributed by atoms with van der Waals surface area (Å²) in [7, 11) is 0. The standard InChI is InChI=1S/C13H22O/c1-10(9-14)5-7-12-8-6-11(2)13(12,3)4/h5-6,12,14H,7-9H2,1-4H3/t12-/m1/s1. The van der Waals surface area contributed by atoms with Crippen LogP contribution in [0.3, 0.4) is 0 Å². The lowest BCUT2D eigenvalue weighted by atomic mass is 9.76. The van der Waals surface area contributed by atoms with Gasteiger partial charge in [-0.1, -0.05) is 37.1 Å². The van der Waals surface area contributed by atoms with Gasteiger partial charge in [-0.25, -0.2) is 0 Å². The maximum Gasteiger partial charge on any atom is 0.0639 e. The van der Waals surface area contributed by atoms with E-state index in [4.69, 9.17) is 5.11 Å². The van der Waals surface area contributed by atoms with Crippen molar-refractivity contribution >= 4 is 0 Å². The van der Waals surface area contributed by atoms with E-state index in [2.05, 4.69) is 32.9 Å². The van der Waals surface area contributed by atoms with Crippen molar-refractivity contribution < 1.29 is 5.11 Å². The molecule has 1 nitrogen and oxygen atoms in total. The lowest BCUT2D eigenvalue weighted by molar-refractivity contribution is 0.292. The Kier molecular flexibility index (Phi) is 3.54. The van der Waals surface area contributed by atoms with Crippen LogP contribution < -0.4 is 0 Å². The molecule has 1 rings (SSSR count). The predicted octanol–water partition coefficient (Wildman–Crippen LogP) is 3.31. The second-order valence-electron chi connectivity index (χ2n) is 4.99.